The van der Waals surface area contributed by atoms with Crippen molar-refractivity contribution in [2.75, 3.05) is 11.3 Å². The van der Waals surface area contributed by atoms with Crippen molar-refractivity contribution in [2.24, 2.45) is 0 Å². The van der Waals surface area contributed by atoms with Crippen molar-refractivity contribution < 1.29 is 13.2 Å². The molecule has 0 bridgehead atoms. The predicted octanol–water partition coefficient (Wildman–Crippen LogP) is 3.73. The third-order valence-electron chi connectivity index (χ3n) is 4.22. The van der Waals surface area contributed by atoms with Crippen LogP contribution in [-0.2, 0) is 21.4 Å². The summed E-state index contributed by atoms with van der Waals surface area (Å²) in [6.07, 6.45) is 1.72. The average Bonchev–Trinajstić information content (AvgIpc) is 3.15. The van der Waals surface area contributed by atoms with Gasteiger partial charge < -0.3 is 4.74 Å². The van der Waals surface area contributed by atoms with Crippen molar-refractivity contribution in [1.29, 1.82) is 0 Å². The van der Waals surface area contributed by atoms with Crippen molar-refractivity contribution >= 4 is 15.7 Å². The minimum absolute atomic E-state index is 0.153. The highest BCUT2D eigenvalue weighted by atomic mass is 32.2. The highest BCUT2D eigenvalue weighted by molar-refractivity contribution is 7.92. The maximum Gasteiger partial charge on any atom is 0.261 e. The number of hydrogen-bond donors (Lipinski definition) is 1. The summed E-state index contributed by atoms with van der Waals surface area (Å²) in [4.78, 5) is 0.153. The van der Waals surface area contributed by atoms with Crippen LogP contribution in [0.5, 0.6) is 0 Å². The highest BCUT2D eigenvalue weighted by Crippen LogP contribution is 2.21. The molecule has 3 rings (SSSR count). The Balaban J connectivity index is 1.80. The number of rotatable bonds is 8. The summed E-state index contributed by atoms with van der Waals surface area (Å²) in [6, 6.07) is 14.0. The SMILES string of the molecule is CCOCc1cn(-c2cccc(S(=O)(=O)Nc3ccc(C(C)C)cc3)c2)nn1. The van der Waals surface area contributed by atoms with Crippen molar-refractivity contribution in [1.82, 2.24) is 15.0 Å². The fourth-order valence-electron chi connectivity index (χ4n) is 2.64. The van der Waals surface area contributed by atoms with Gasteiger partial charge >= 0.3 is 0 Å². The van der Waals surface area contributed by atoms with Crippen LogP contribution in [0.1, 0.15) is 37.9 Å². The standard InChI is InChI=1S/C20H24N4O3S/c1-4-27-14-18-13-24(23-21-18)19-6-5-7-20(12-19)28(25,26)22-17-10-8-16(9-11-17)15(2)3/h5-13,15,22H,4,14H2,1-3H3. The van der Waals surface area contributed by atoms with Gasteiger partial charge in [-0.25, -0.2) is 13.1 Å². The zero-order valence-corrected chi connectivity index (χ0v) is 17.0. The van der Waals surface area contributed by atoms with Crippen LogP contribution in [0.25, 0.3) is 5.69 Å². The molecule has 0 fully saturated rings. The Morgan fingerprint density at radius 1 is 1.14 bits per heavy atom. The molecule has 1 aromatic heterocycles. The molecule has 7 nitrogen and oxygen atoms in total. The summed E-state index contributed by atoms with van der Waals surface area (Å²) in [5.74, 6) is 0.387. The summed E-state index contributed by atoms with van der Waals surface area (Å²) < 4.78 is 35.0. The minimum Gasteiger partial charge on any atom is -0.375 e. The molecule has 0 atom stereocenters. The van der Waals surface area contributed by atoms with Crippen LogP contribution in [0.3, 0.4) is 0 Å². The first-order chi connectivity index (χ1) is 13.4. The van der Waals surface area contributed by atoms with E-state index in [4.69, 9.17) is 4.74 Å². The molecule has 0 saturated carbocycles. The van der Waals surface area contributed by atoms with Gasteiger partial charge in [-0.05, 0) is 48.7 Å². The molecule has 0 unspecified atom stereocenters. The van der Waals surface area contributed by atoms with Gasteiger partial charge in [0.1, 0.15) is 5.69 Å². The molecule has 1 heterocycles. The third kappa shape index (κ3) is 4.76. The lowest BCUT2D eigenvalue weighted by atomic mass is 10.0. The lowest BCUT2D eigenvalue weighted by Gasteiger charge is -2.11. The lowest BCUT2D eigenvalue weighted by Crippen LogP contribution is -2.13. The third-order valence-corrected chi connectivity index (χ3v) is 5.60. The van der Waals surface area contributed by atoms with Gasteiger partial charge in [0.05, 0.1) is 23.4 Å². The maximum atomic E-state index is 12.8. The molecule has 1 N–H and O–H groups in total. The Bertz CT molecular complexity index is 1030. The molecule has 3 aromatic rings. The molecule has 0 spiro atoms. The van der Waals surface area contributed by atoms with Crippen LogP contribution in [0.4, 0.5) is 5.69 Å². The smallest absolute Gasteiger partial charge is 0.261 e. The molecule has 148 valence electrons. The molecular formula is C20H24N4O3S. The van der Waals surface area contributed by atoms with Crippen molar-refractivity contribution in [3.8, 4) is 5.69 Å². The second-order valence-corrected chi connectivity index (χ2v) is 8.35. The van der Waals surface area contributed by atoms with Crippen LogP contribution < -0.4 is 4.72 Å². The van der Waals surface area contributed by atoms with Crippen molar-refractivity contribution in [3.63, 3.8) is 0 Å². The fourth-order valence-corrected chi connectivity index (χ4v) is 3.74. The summed E-state index contributed by atoms with van der Waals surface area (Å²) in [6.45, 7) is 7.04. The summed E-state index contributed by atoms with van der Waals surface area (Å²) >= 11 is 0. The van der Waals surface area contributed by atoms with E-state index < -0.39 is 10.0 Å². The van der Waals surface area contributed by atoms with Gasteiger partial charge in [-0.2, -0.15) is 0 Å². The van der Waals surface area contributed by atoms with Gasteiger partial charge in [0, 0.05) is 12.3 Å². The molecule has 0 amide bonds. The first kappa shape index (κ1) is 20.0. The molecule has 0 aliphatic carbocycles. The average molecular weight is 401 g/mol. The van der Waals surface area contributed by atoms with Gasteiger partial charge in [0.2, 0.25) is 0 Å². The van der Waals surface area contributed by atoms with Crippen molar-refractivity contribution in [2.45, 2.75) is 38.2 Å². The quantitative estimate of drug-likeness (QED) is 0.623. The van der Waals surface area contributed by atoms with Crippen LogP contribution in [0, 0.1) is 0 Å². The zero-order valence-electron chi connectivity index (χ0n) is 16.2. The number of aromatic nitrogens is 3. The maximum absolute atomic E-state index is 12.8. The molecule has 0 radical (unpaired) electrons. The van der Waals surface area contributed by atoms with E-state index in [1.807, 2.05) is 19.1 Å². The second kappa shape index (κ2) is 8.53. The molecule has 0 saturated heterocycles. The number of nitrogens with one attached hydrogen (secondary N) is 1. The van der Waals surface area contributed by atoms with E-state index in [1.165, 1.54) is 4.68 Å². The van der Waals surface area contributed by atoms with Gasteiger partial charge in [0.15, 0.2) is 0 Å². The van der Waals surface area contributed by atoms with Crippen LogP contribution in [-0.4, -0.2) is 30.0 Å². The predicted molar refractivity (Wildman–Crippen MR) is 108 cm³/mol. The Labute approximate surface area is 165 Å². The summed E-state index contributed by atoms with van der Waals surface area (Å²) in [5, 5.41) is 8.08. The first-order valence-corrected chi connectivity index (χ1v) is 10.6. The fraction of sp³-hybridized carbons (Fsp3) is 0.300. The monoisotopic (exact) mass is 400 g/mol. The van der Waals surface area contributed by atoms with Crippen LogP contribution in [0.15, 0.2) is 59.6 Å². The molecule has 28 heavy (non-hydrogen) atoms. The first-order valence-electron chi connectivity index (χ1n) is 9.11. The number of nitrogens with zero attached hydrogens (tertiary/aromatic N) is 3. The Morgan fingerprint density at radius 2 is 1.89 bits per heavy atom. The summed E-state index contributed by atoms with van der Waals surface area (Å²) in [5.41, 5.74) is 2.96. The van der Waals surface area contributed by atoms with Crippen molar-refractivity contribution in [3.05, 3.63) is 66.0 Å². The van der Waals surface area contributed by atoms with Gasteiger partial charge in [-0.15, -0.1) is 5.10 Å². The Hall–Kier alpha value is -2.71. The van der Waals surface area contributed by atoms with E-state index in [0.717, 1.165) is 5.56 Å². The Morgan fingerprint density at radius 3 is 2.57 bits per heavy atom. The number of sulfonamides is 1. The number of ether oxygens (including phenoxy) is 1. The van der Waals surface area contributed by atoms with E-state index in [-0.39, 0.29) is 4.90 Å². The van der Waals surface area contributed by atoms with Crippen LogP contribution in [0.2, 0.25) is 0 Å². The summed E-state index contributed by atoms with van der Waals surface area (Å²) in [7, 11) is -3.72. The number of anilines is 1. The van der Waals surface area contributed by atoms with Gasteiger partial charge in [0.25, 0.3) is 10.0 Å². The van der Waals surface area contributed by atoms with Crippen LogP contribution >= 0.6 is 0 Å². The second-order valence-electron chi connectivity index (χ2n) is 6.67. The molecule has 2 aromatic carbocycles. The Kier molecular flexibility index (Phi) is 6.11. The number of hydrogen-bond acceptors (Lipinski definition) is 5. The zero-order chi connectivity index (χ0) is 20.1. The van der Waals surface area contributed by atoms with Gasteiger partial charge in [-0.3, -0.25) is 4.72 Å². The van der Waals surface area contributed by atoms with E-state index in [1.54, 1.807) is 42.6 Å². The minimum atomic E-state index is -3.72. The normalized spacial score (nSPS) is 11.7. The molecule has 8 heteroatoms. The van der Waals surface area contributed by atoms with E-state index >= 15 is 0 Å². The largest absolute Gasteiger partial charge is 0.375 e. The van der Waals surface area contributed by atoms with Gasteiger partial charge in [-0.1, -0.05) is 37.3 Å². The molecule has 0 aliphatic heterocycles. The lowest BCUT2D eigenvalue weighted by molar-refractivity contribution is 0.131. The van der Waals surface area contributed by atoms with E-state index in [2.05, 4.69) is 28.9 Å². The molecule has 0 aliphatic rings. The highest BCUT2D eigenvalue weighted by Gasteiger charge is 2.16. The number of benzene rings is 2. The van der Waals surface area contributed by atoms with E-state index in [0.29, 0.717) is 36.2 Å². The molecular weight excluding hydrogens is 376 g/mol. The van der Waals surface area contributed by atoms with E-state index in [9.17, 15) is 8.42 Å². The topological polar surface area (TPSA) is 86.1 Å².